The zero-order valence-electron chi connectivity index (χ0n) is 24.1. The summed E-state index contributed by atoms with van der Waals surface area (Å²) in [6, 6.07) is 13.6. The number of carbonyl (C=O) groups is 2. The van der Waals surface area contributed by atoms with Crippen molar-refractivity contribution in [2.45, 2.75) is 58.9 Å². The molecule has 214 valence electrons. The van der Waals surface area contributed by atoms with Crippen molar-refractivity contribution < 1.29 is 28.6 Å². The lowest BCUT2D eigenvalue weighted by molar-refractivity contribution is -0.148. The second-order valence-electron chi connectivity index (χ2n) is 11.6. The number of furan rings is 1. The second kappa shape index (κ2) is 10.7. The molecule has 0 fully saturated rings. The monoisotopic (exact) mass is 574 g/mol. The first-order valence-corrected chi connectivity index (χ1v) is 14.4. The zero-order chi connectivity index (χ0) is 29.5. The van der Waals surface area contributed by atoms with E-state index < -0.39 is 18.0 Å². The summed E-state index contributed by atoms with van der Waals surface area (Å²) in [5.41, 5.74) is 3.59. The molecule has 0 unspecified atom stereocenters. The van der Waals surface area contributed by atoms with Gasteiger partial charge in [-0.3, -0.25) is 4.79 Å². The van der Waals surface area contributed by atoms with Gasteiger partial charge in [0, 0.05) is 39.8 Å². The van der Waals surface area contributed by atoms with E-state index in [1.807, 2.05) is 44.3 Å². The van der Waals surface area contributed by atoms with Crippen LogP contribution in [-0.2, 0) is 31.7 Å². The molecule has 0 aliphatic carbocycles. The molecule has 1 N–H and O–H groups in total. The van der Waals surface area contributed by atoms with Gasteiger partial charge in [-0.2, -0.15) is 0 Å². The molecule has 0 amide bonds. The van der Waals surface area contributed by atoms with E-state index in [2.05, 4.69) is 36.8 Å². The Morgan fingerprint density at radius 1 is 1.07 bits per heavy atom. The number of carboxylic acid groups (broad SMARTS) is 1. The lowest BCUT2D eigenvalue weighted by Gasteiger charge is -2.22. The van der Waals surface area contributed by atoms with E-state index in [-0.39, 0.29) is 18.0 Å². The first-order valence-electron chi connectivity index (χ1n) is 13.5. The molecule has 2 aromatic carbocycles. The molecule has 0 aliphatic rings. The number of carbonyl (C=O) groups excluding carboxylic acids is 1. The minimum absolute atomic E-state index is 0.0304. The summed E-state index contributed by atoms with van der Waals surface area (Å²) >= 11 is 1.58. The summed E-state index contributed by atoms with van der Waals surface area (Å²) in [6.45, 7) is 12.3. The van der Waals surface area contributed by atoms with E-state index in [1.54, 1.807) is 30.4 Å². The first kappa shape index (κ1) is 28.4. The molecule has 0 saturated carbocycles. The summed E-state index contributed by atoms with van der Waals surface area (Å²) in [6.07, 6.45) is 1.97. The number of hydrogen-bond acceptors (Lipinski definition) is 7. The largest absolute Gasteiger partial charge is 0.482 e. The fourth-order valence-electron chi connectivity index (χ4n) is 4.79. The Morgan fingerprint density at radius 2 is 1.85 bits per heavy atom. The quantitative estimate of drug-likeness (QED) is 0.186. The van der Waals surface area contributed by atoms with Crippen molar-refractivity contribution in [1.82, 2.24) is 9.55 Å². The highest BCUT2D eigenvalue weighted by Gasteiger charge is 2.34. The van der Waals surface area contributed by atoms with Gasteiger partial charge >= 0.3 is 11.9 Å². The van der Waals surface area contributed by atoms with Crippen molar-refractivity contribution in [3.63, 3.8) is 0 Å². The molecule has 9 heteroatoms. The van der Waals surface area contributed by atoms with E-state index in [9.17, 15) is 9.59 Å². The van der Waals surface area contributed by atoms with Gasteiger partial charge in [0.15, 0.2) is 17.4 Å². The Bertz CT molecular complexity index is 1750. The van der Waals surface area contributed by atoms with E-state index in [4.69, 9.17) is 24.0 Å². The van der Waals surface area contributed by atoms with Crippen LogP contribution in [0, 0.1) is 0 Å². The molecule has 0 saturated heterocycles. The fraction of sp³-hybridized carbons (Fsp3) is 0.344. The maximum absolute atomic E-state index is 12.9. The SMILES string of the molecule is CCOC(=O)C(C)(C)c1cn(Cc2ccc3oc(-c4nc(C(C)(C)C)cs4)cc3c2)c2ccc(OCC(=O)O)cc12. The Balaban J connectivity index is 1.51. The van der Waals surface area contributed by atoms with Gasteiger partial charge in [-0.1, -0.05) is 26.8 Å². The standard InChI is InChI=1S/C32H34N2O6S/c1-7-38-30(37)32(5,6)23-16-34(24-10-9-21(14-22(23)24)39-17-28(35)36)15-19-8-11-25-20(12-19)13-26(40-25)29-33-27(18-41-29)31(2,3)4/h8-14,16,18H,7,15,17H2,1-6H3,(H,35,36). The third kappa shape index (κ3) is 5.72. The molecule has 5 rings (SSSR count). The highest BCUT2D eigenvalue weighted by atomic mass is 32.1. The van der Waals surface area contributed by atoms with Gasteiger partial charge in [0.05, 0.1) is 17.7 Å². The number of aliphatic carboxylic acids is 1. The van der Waals surface area contributed by atoms with Gasteiger partial charge in [0.2, 0.25) is 0 Å². The summed E-state index contributed by atoms with van der Waals surface area (Å²) < 4.78 is 19.1. The van der Waals surface area contributed by atoms with Crippen LogP contribution in [0.25, 0.3) is 32.6 Å². The van der Waals surface area contributed by atoms with Gasteiger partial charge in [0.1, 0.15) is 11.3 Å². The Hall–Kier alpha value is -4.11. The van der Waals surface area contributed by atoms with Crippen molar-refractivity contribution in [3.8, 4) is 16.5 Å². The van der Waals surface area contributed by atoms with Crippen LogP contribution in [0.4, 0.5) is 0 Å². The van der Waals surface area contributed by atoms with Crippen molar-refractivity contribution in [2.75, 3.05) is 13.2 Å². The van der Waals surface area contributed by atoms with Crippen LogP contribution < -0.4 is 4.74 Å². The van der Waals surface area contributed by atoms with E-state index in [0.717, 1.165) is 49.5 Å². The van der Waals surface area contributed by atoms with E-state index in [0.29, 0.717) is 12.3 Å². The topological polar surface area (TPSA) is 104 Å². The maximum Gasteiger partial charge on any atom is 0.341 e. The molecule has 0 radical (unpaired) electrons. The number of benzene rings is 2. The maximum atomic E-state index is 12.9. The number of carboxylic acids is 1. The number of hydrogen-bond donors (Lipinski definition) is 1. The summed E-state index contributed by atoms with van der Waals surface area (Å²) in [5.74, 6) is -0.226. The predicted octanol–water partition coefficient (Wildman–Crippen LogP) is 7.16. The lowest BCUT2D eigenvalue weighted by Crippen LogP contribution is -2.31. The van der Waals surface area contributed by atoms with Crippen LogP contribution in [0.1, 0.15) is 58.4 Å². The van der Waals surface area contributed by atoms with Crippen LogP contribution in [0.3, 0.4) is 0 Å². The van der Waals surface area contributed by atoms with E-state index >= 15 is 0 Å². The molecule has 0 atom stereocenters. The lowest BCUT2D eigenvalue weighted by atomic mass is 9.84. The Kier molecular flexibility index (Phi) is 7.42. The minimum Gasteiger partial charge on any atom is -0.482 e. The molecule has 0 aliphatic heterocycles. The Morgan fingerprint density at radius 3 is 2.54 bits per heavy atom. The Labute approximate surface area is 242 Å². The van der Waals surface area contributed by atoms with Crippen molar-refractivity contribution in [3.05, 3.63) is 70.9 Å². The number of aromatic nitrogens is 2. The van der Waals surface area contributed by atoms with E-state index in [1.165, 1.54) is 0 Å². The van der Waals surface area contributed by atoms with Crippen LogP contribution in [0.5, 0.6) is 5.75 Å². The molecular formula is C32H34N2O6S. The molecule has 0 spiro atoms. The number of nitrogens with zero attached hydrogens (tertiary/aromatic N) is 2. The number of esters is 1. The highest BCUT2D eigenvalue weighted by molar-refractivity contribution is 7.13. The number of fused-ring (bicyclic) bond motifs is 2. The van der Waals surface area contributed by atoms with Crippen molar-refractivity contribution in [2.24, 2.45) is 0 Å². The minimum atomic E-state index is -1.06. The van der Waals surface area contributed by atoms with Gasteiger partial charge < -0.3 is 23.6 Å². The van der Waals surface area contributed by atoms with Crippen LogP contribution in [0.15, 0.2) is 58.5 Å². The van der Waals surface area contributed by atoms with Gasteiger partial charge in [-0.25, -0.2) is 9.78 Å². The average molecular weight is 575 g/mol. The number of rotatable bonds is 9. The molecule has 3 heterocycles. The first-order chi connectivity index (χ1) is 19.4. The van der Waals surface area contributed by atoms with Gasteiger partial charge in [0.25, 0.3) is 0 Å². The predicted molar refractivity (Wildman–Crippen MR) is 160 cm³/mol. The molecule has 5 aromatic rings. The highest BCUT2D eigenvalue weighted by Crippen LogP contribution is 2.37. The number of ether oxygens (including phenoxy) is 2. The summed E-state index contributed by atoms with van der Waals surface area (Å²) in [4.78, 5) is 28.8. The average Bonchev–Trinajstić information content (AvgIpc) is 3.64. The fourth-order valence-corrected chi connectivity index (χ4v) is 5.78. The van der Waals surface area contributed by atoms with Crippen LogP contribution in [0.2, 0.25) is 0 Å². The van der Waals surface area contributed by atoms with Crippen molar-refractivity contribution in [1.29, 1.82) is 0 Å². The molecule has 8 nitrogen and oxygen atoms in total. The summed E-state index contributed by atoms with van der Waals surface area (Å²) in [7, 11) is 0. The normalized spacial score (nSPS) is 12.2. The van der Waals surface area contributed by atoms with Crippen LogP contribution in [-0.4, -0.2) is 39.8 Å². The third-order valence-electron chi connectivity index (χ3n) is 7.09. The third-order valence-corrected chi connectivity index (χ3v) is 7.95. The smallest absolute Gasteiger partial charge is 0.341 e. The molecular weight excluding hydrogens is 540 g/mol. The van der Waals surface area contributed by atoms with Crippen LogP contribution >= 0.6 is 11.3 Å². The van der Waals surface area contributed by atoms with Crippen molar-refractivity contribution >= 4 is 45.1 Å². The van der Waals surface area contributed by atoms with Gasteiger partial charge in [-0.15, -0.1) is 11.3 Å². The number of thiazole rings is 1. The van der Waals surface area contributed by atoms with Gasteiger partial charge in [-0.05, 0) is 68.3 Å². The second-order valence-corrected chi connectivity index (χ2v) is 12.5. The molecule has 0 bridgehead atoms. The molecule has 3 aromatic heterocycles. The zero-order valence-corrected chi connectivity index (χ0v) is 24.9. The summed E-state index contributed by atoms with van der Waals surface area (Å²) in [5, 5.41) is 13.8. The molecule has 41 heavy (non-hydrogen) atoms.